The summed E-state index contributed by atoms with van der Waals surface area (Å²) in [5.41, 5.74) is 12.7. The summed E-state index contributed by atoms with van der Waals surface area (Å²) < 4.78 is 3.32. The molecule has 0 spiro atoms. The maximum Gasteiger partial charge on any atom is 0.276 e. The highest BCUT2D eigenvalue weighted by atomic mass is 32.2. The lowest BCUT2D eigenvalue weighted by molar-refractivity contribution is -0.767. The van der Waals surface area contributed by atoms with Gasteiger partial charge in [0.15, 0.2) is 23.2 Å². The van der Waals surface area contributed by atoms with E-state index >= 15 is 0 Å². The summed E-state index contributed by atoms with van der Waals surface area (Å²) in [4.78, 5) is 47.8. The number of carbonyl (C=O) groups excluding carboxylic acids is 3. The van der Waals surface area contributed by atoms with Crippen LogP contribution in [0.15, 0.2) is 28.0 Å². The van der Waals surface area contributed by atoms with Crippen molar-refractivity contribution in [3.05, 3.63) is 34.1 Å². The van der Waals surface area contributed by atoms with Crippen molar-refractivity contribution >= 4 is 57.5 Å². The van der Waals surface area contributed by atoms with Gasteiger partial charge in [-0.1, -0.05) is 5.16 Å². The third-order valence-electron chi connectivity index (χ3n) is 5.69. The van der Waals surface area contributed by atoms with Crippen LogP contribution in [0.4, 0.5) is 10.9 Å². The van der Waals surface area contributed by atoms with Crippen LogP contribution >= 0.6 is 23.1 Å². The number of aliphatic hydroxyl groups is 1. The molecule has 4 rings (SSSR count). The number of nitrogens with one attached hydrogen (secondary N) is 1. The van der Waals surface area contributed by atoms with Crippen molar-refractivity contribution in [2.45, 2.75) is 31.4 Å². The van der Waals surface area contributed by atoms with Gasteiger partial charge < -0.3 is 36.6 Å². The van der Waals surface area contributed by atoms with E-state index in [0.717, 1.165) is 21.8 Å². The molecule has 2 aliphatic heterocycles. The molecule has 0 unspecified atom stereocenters. The van der Waals surface area contributed by atoms with Gasteiger partial charge in [0.05, 0.1) is 23.8 Å². The third kappa shape index (κ3) is 4.49. The number of nitrogen functional groups attached to an aromatic ring is 2. The first-order valence-electron chi connectivity index (χ1n) is 10.7. The van der Waals surface area contributed by atoms with Gasteiger partial charge in [-0.25, -0.2) is 4.98 Å². The normalized spacial score (nSPS) is 19.7. The number of aromatic nitrogens is 3. The highest BCUT2D eigenvalue weighted by Gasteiger charge is 2.53. The molecule has 1 fully saturated rings. The Hall–Kier alpha value is -3.63. The average Bonchev–Trinajstić information content (AvgIpc) is 3.38. The fraction of sp³-hybridized carbons (Fsp3) is 0.400. The molecule has 36 heavy (non-hydrogen) atoms. The molecule has 16 heteroatoms. The molecular weight excluding hydrogens is 512 g/mol. The molecule has 2 atom stereocenters. The van der Waals surface area contributed by atoms with Crippen LogP contribution in [0.5, 0.6) is 0 Å². The highest BCUT2D eigenvalue weighted by molar-refractivity contribution is 8.00. The van der Waals surface area contributed by atoms with Gasteiger partial charge in [0, 0.05) is 16.7 Å². The van der Waals surface area contributed by atoms with Crippen molar-refractivity contribution in [1.29, 1.82) is 0 Å². The topological polar surface area (TPSA) is 205 Å². The van der Waals surface area contributed by atoms with Crippen LogP contribution in [0.1, 0.15) is 11.3 Å². The van der Waals surface area contributed by atoms with Crippen molar-refractivity contribution < 1.29 is 34.1 Å². The lowest BCUT2D eigenvalue weighted by Crippen LogP contribution is -2.71. The second-order valence-corrected chi connectivity index (χ2v) is 9.93. The minimum absolute atomic E-state index is 0.123. The number of hydrogen-bond donors (Lipinski definition) is 4. The Bertz CT molecular complexity index is 1290. The molecule has 2 aliphatic rings. The van der Waals surface area contributed by atoms with E-state index in [2.05, 4.69) is 15.5 Å². The zero-order valence-electron chi connectivity index (χ0n) is 19.3. The molecule has 14 nitrogen and oxygen atoms in total. The second kappa shape index (κ2) is 10.2. The van der Waals surface area contributed by atoms with Gasteiger partial charge in [0.2, 0.25) is 6.20 Å². The summed E-state index contributed by atoms with van der Waals surface area (Å²) in [6.45, 7) is 1.98. The number of thiazole rings is 1. The molecule has 0 radical (unpaired) electrons. The fourth-order valence-corrected chi connectivity index (χ4v) is 5.95. The monoisotopic (exact) mass is 536 g/mol. The minimum atomic E-state index is -1.50. The van der Waals surface area contributed by atoms with E-state index in [9.17, 15) is 24.6 Å². The van der Waals surface area contributed by atoms with E-state index in [-0.39, 0.29) is 47.7 Å². The van der Waals surface area contributed by atoms with Crippen LogP contribution in [0.2, 0.25) is 0 Å². The van der Waals surface area contributed by atoms with E-state index in [1.807, 2.05) is 0 Å². The van der Waals surface area contributed by atoms with Gasteiger partial charge in [-0.3, -0.25) is 14.5 Å². The molecule has 2 amide bonds. The third-order valence-corrected chi connectivity index (χ3v) is 7.70. The van der Waals surface area contributed by atoms with Crippen LogP contribution in [-0.2, 0) is 32.3 Å². The number of carboxylic acid groups (broad SMARTS) is 1. The van der Waals surface area contributed by atoms with Crippen LogP contribution in [-0.4, -0.2) is 74.1 Å². The predicted molar refractivity (Wildman–Crippen MR) is 128 cm³/mol. The zero-order chi connectivity index (χ0) is 26.1. The van der Waals surface area contributed by atoms with E-state index in [1.54, 1.807) is 22.5 Å². The molecule has 4 heterocycles. The number of amides is 2. The van der Waals surface area contributed by atoms with E-state index in [0.29, 0.717) is 11.4 Å². The van der Waals surface area contributed by atoms with Gasteiger partial charge in [0.1, 0.15) is 30.8 Å². The Balaban J connectivity index is 1.56. The smallest absolute Gasteiger partial charge is 0.276 e. The number of aliphatic carboxylic acids is 1. The Morgan fingerprint density at radius 2 is 2.19 bits per heavy atom. The quantitative estimate of drug-likeness (QED) is 0.112. The van der Waals surface area contributed by atoms with Crippen molar-refractivity contribution in [2.75, 3.05) is 30.9 Å². The number of hydrogen-bond acceptors (Lipinski definition) is 12. The first-order chi connectivity index (χ1) is 17.2. The average molecular weight is 537 g/mol. The molecule has 0 bridgehead atoms. The number of oxime groups is 1. The van der Waals surface area contributed by atoms with E-state index < -0.39 is 29.2 Å². The second-order valence-electron chi connectivity index (χ2n) is 7.94. The van der Waals surface area contributed by atoms with Crippen LogP contribution in [0.3, 0.4) is 0 Å². The van der Waals surface area contributed by atoms with Gasteiger partial charge in [-0.05, 0) is 6.92 Å². The molecular formula is C20H24N8O6S2. The molecule has 1 saturated heterocycles. The number of aryl methyl sites for hydroxylation is 1. The number of β-lactam (4-membered cyclic amide) rings is 1. The number of rotatable bonds is 9. The lowest BCUT2D eigenvalue weighted by atomic mass is 10.0. The molecule has 0 aliphatic carbocycles. The van der Waals surface area contributed by atoms with Crippen LogP contribution in [0.25, 0.3) is 0 Å². The number of carboxylic acids is 1. The van der Waals surface area contributed by atoms with E-state index in [1.165, 1.54) is 24.3 Å². The molecule has 2 aromatic heterocycles. The predicted octanol–water partition coefficient (Wildman–Crippen LogP) is -2.85. The number of thioether (sulfide) groups is 1. The number of carbonyl (C=O) groups is 3. The minimum Gasteiger partial charge on any atom is -0.543 e. The van der Waals surface area contributed by atoms with E-state index in [4.69, 9.17) is 16.3 Å². The standard InChI is InChI=1S/C20H24N8O6S2/c1-9-5-26(27(3-4-29)15(9)21)6-10-7-35-18-13(17(31)28(18)14(10)19(32)33)24-16(30)12(25-34-2)11-8-36-20(22)23-11/h5,8,13,18,21,29H,3-4,6-7H2,1-2H3,(H4,22,23,24,30,32,33)/t13-,18-/m1/s1. The van der Waals surface area contributed by atoms with Crippen molar-refractivity contribution in [1.82, 2.24) is 19.9 Å². The summed E-state index contributed by atoms with van der Waals surface area (Å²) in [7, 11) is 1.26. The first kappa shape index (κ1) is 25.5. The summed E-state index contributed by atoms with van der Waals surface area (Å²) in [6, 6.07) is -0.986. The van der Waals surface area contributed by atoms with Crippen molar-refractivity contribution in [3.8, 4) is 0 Å². The highest BCUT2D eigenvalue weighted by Crippen LogP contribution is 2.40. The molecule has 192 valence electrons. The number of anilines is 2. The summed E-state index contributed by atoms with van der Waals surface area (Å²) in [5.74, 6) is -2.10. The van der Waals surface area contributed by atoms with Crippen LogP contribution < -0.4 is 26.6 Å². The van der Waals surface area contributed by atoms with Crippen molar-refractivity contribution in [2.24, 2.45) is 5.16 Å². The summed E-state index contributed by atoms with van der Waals surface area (Å²) in [6.07, 6.45) is 1.74. The van der Waals surface area contributed by atoms with Gasteiger partial charge in [0.25, 0.3) is 11.8 Å². The first-order valence-corrected chi connectivity index (χ1v) is 12.6. The number of fused-ring (bicyclic) bond motifs is 1. The number of nitrogens with two attached hydrogens (primary N) is 2. The molecule has 0 saturated carbocycles. The number of aliphatic hydroxyl groups excluding tert-OH is 1. The maximum atomic E-state index is 13.0. The zero-order valence-corrected chi connectivity index (χ0v) is 21.0. The van der Waals surface area contributed by atoms with Crippen LogP contribution in [0, 0.1) is 6.92 Å². The Morgan fingerprint density at radius 3 is 2.81 bits per heavy atom. The molecule has 6 N–H and O–H groups in total. The maximum absolute atomic E-state index is 13.0. The summed E-state index contributed by atoms with van der Waals surface area (Å²) in [5, 5.41) is 28.9. The molecule has 0 aromatic carbocycles. The number of nitrogens with zero attached hydrogens (tertiary/aromatic N) is 5. The lowest BCUT2D eigenvalue weighted by Gasteiger charge is -2.50. The van der Waals surface area contributed by atoms with Gasteiger partial charge in [-0.2, -0.15) is 0 Å². The summed E-state index contributed by atoms with van der Waals surface area (Å²) >= 11 is 2.42. The molecule has 2 aromatic rings. The van der Waals surface area contributed by atoms with Gasteiger partial charge in [-0.15, -0.1) is 32.5 Å². The fourth-order valence-electron chi connectivity index (χ4n) is 4.07. The Kier molecular flexibility index (Phi) is 7.18. The SMILES string of the molecule is CON=C(C(=O)N[C@@H]1C(=O)N2C(C(=O)[O-])=C(C[n+]3cc(C)c(N)n3CCO)CS[C@H]12)c1csc(N)n1. The Morgan fingerprint density at radius 1 is 1.44 bits per heavy atom. The Labute approximate surface area is 213 Å². The largest absolute Gasteiger partial charge is 0.543 e. The van der Waals surface area contributed by atoms with Gasteiger partial charge >= 0.3 is 0 Å². The van der Waals surface area contributed by atoms with Crippen molar-refractivity contribution in [3.63, 3.8) is 0 Å².